The van der Waals surface area contributed by atoms with Crippen molar-refractivity contribution < 1.29 is 9.53 Å². The SMILES string of the molecule is COCCCCN(C)C(=O)C1CCC(Nc2ccccn2)CC1. The first-order chi connectivity index (χ1) is 11.2. The molecular formula is C18H29N3O2. The van der Waals surface area contributed by atoms with Gasteiger partial charge in [0.05, 0.1) is 0 Å². The van der Waals surface area contributed by atoms with Crippen molar-refractivity contribution in [2.45, 2.75) is 44.6 Å². The molecule has 23 heavy (non-hydrogen) atoms. The largest absolute Gasteiger partial charge is 0.385 e. The summed E-state index contributed by atoms with van der Waals surface area (Å²) < 4.78 is 5.05. The number of ether oxygens (including phenoxy) is 1. The van der Waals surface area contributed by atoms with Crippen molar-refractivity contribution in [3.63, 3.8) is 0 Å². The molecule has 1 heterocycles. The minimum absolute atomic E-state index is 0.184. The summed E-state index contributed by atoms with van der Waals surface area (Å²) in [7, 11) is 3.64. The number of carbonyl (C=O) groups excluding carboxylic acids is 1. The summed E-state index contributed by atoms with van der Waals surface area (Å²) in [5, 5.41) is 3.47. The number of carbonyl (C=O) groups is 1. The lowest BCUT2D eigenvalue weighted by molar-refractivity contribution is -0.135. The van der Waals surface area contributed by atoms with Crippen molar-refractivity contribution in [3.8, 4) is 0 Å². The number of hydrogen-bond donors (Lipinski definition) is 1. The van der Waals surface area contributed by atoms with Crippen LogP contribution >= 0.6 is 0 Å². The molecule has 1 aliphatic carbocycles. The van der Waals surface area contributed by atoms with Crippen LogP contribution in [0.4, 0.5) is 5.82 Å². The normalized spacial score (nSPS) is 21.0. The minimum atomic E-state index is 0.184. The first-order valence-corrected chi connectivity index (χ1v) is 8.62. The number of aromatic nitrogens is 1. The average molecular weight is 319 g/mol. The van der Waals surface area contributed by atoms with Gasteiger partial charge in [-0.1, -0.05) is 6.07 Å². The van der Waals surface area contributed by atoms with Crippen LogP contribution in [0.15, 0.2) is 24.4 Å². The molecule has 0 bridgehead atoms. The van der Waals surface area contributed by atoms with Crippen LogP contribution in [0.2, 0.25) is 0 Å². The van der Waals surface area contributed by atoms with E-state index in [-0.39, 0.29) is 5.92 Å². The number of pyridine rings is 1. The number of unbranched alkanes of at least 4 members (excludes halogenated alkanes) is 1. The Morgan fingerprint density at radius 1 is 1.30 bits per heavy atom. The standard InChI is InChI=1S/C18H29N3O2/c1-21(13-5-6-14-23-2)18(22)15-8-10-16(11-9-15)20-17-7-3-4-12-19-17/h3-4,7,12,15-16H,5-6,8-11,13-14H2,1-2H3,(H,19,20). The van der Waals surface area contributed by atoms with Crippen molar-refractivity contribution in [1.82, 2.24) is 9.88 Å². The Morgan fingerprint density at radius 2 is 2.09 bits per heavy atom. The highest BCUT2D eigenvalue weighted by atomic mass is 16.5. The average Bonchev–Trinajstić information content (AvgIpc) is 2.59. The highest BCUT2D eigenvalue weighted by molar-refractivity contribution is 5.78. The van der Waals surface area contributed by atoms with E-state index in [9.17, 15) is 4.79 Å². The molecule has 1 fully saturated rings. The first kappa shape index (κ1) is 17.7. The fourth-order valence-electron chi connectivity index (χ4n) is 3.16. The summed E-state index contributed by atoms with van der Waals surface area (Å²) in [6.07, 6.45) is 7.81. The fraction of sp³-hybridized carbons (Fsp3) is 0.667. The van der Waals surface area contributed by atoms with E-state index in [1.165, 1.54) is 0 Å². The zero-order valence-corrected chi connectivity index (χ0v) is 14.3. The topological polar surface area (TPSA) is 54.5 Å². The third-order valence-electron chi connectivity index (χ3n) is 4.56. The zero-order valence-electron chi connectivity index (χ0n) is 14.3. The second-order valence-electron chi connectivity index (χ2n) is 6.37. The summed E-state index contributed by atoms with van der Waals surface area (Å²) in [4.78, 5) is 18.7. The second kappa shape index (κ2) is 9.50. The maximum Gasteiger partial charge on any atom is 0.225 e. The Hall–Kier alpha value is -1.62. The third kappa shape index (κ3) is 5.82. The lowest BCUT2D eigenvalue weighted by Crippen LogP contribution is -2.37. The van der Waals surface area contributed by atoms with Crippen molar-refractivity contribution >= 4 is 11.7 Å². The predicted octanol–water partition coefficient (Wildman–Crippen LogP) is 2.94. The van der Waals surface area contributed by atoms with Gasteiger partial charge in [0.25, 0.3) is 0 Å². The van der Waals surface area contributed by atoms with Gasteiger partial charge in [-0.2, -0.15) is 0 Å². The van der Waals surface area contributed by atoms with E-state index < -0.39 is 0 Å². The van der Waals surface area contributed by atoms with Crippen LogP contribution in [-0.4, -0.2) is 49.1 Å². The molecule has 0 saturated heterocycles. The summed E-state index contributed by atoms with van der Waals surface area (Å²) in [5.41, 5.74) is 0. The lowest BCUT2D eigenvalue weighted by Gasteiger charge is -2.31. The van der Waals surface area contributed by atoms with Gasteiger partial charge in [-0.15, -0.1) is 0 Å². The van der Waals surface area contributed by atoms with E-state index in [4.69, 9.17) is 4.74 Å². The van der Waals surface area contributed by atoms with Crippen LogP contribution in [0.1, 0.15) is 38.5 Å². The number of amides is 1. The molecule has 1 aromatic heterocycles. The summed E-state index contributed by atoms with van der Waals surface area (Å²) in [5.74, 6) is 1.42. The van der Waals surface area contributed by atoms with Crippen molar-refractivity contribution in [1.29, 1.82) is 0 Å². The van der Waals surface area contributed by atoms with E-state index in [1.807, 2.05) is 30.1 Å². The van der Waals surface area contributed by atoms with E-state index in [0.29, 0.717) is 11.9 Å². The van der Waals surface area contributed by atoms with Crippen LogP contribution in [0.25, 0.3) is 0 Å². The Kier molecular flexibility index (Phi) is 7.33. The molecule has 0 radical (unpaired) electrons. The quantitative estimate of drug-likeness (QED) is 0.749. The molecule has 2 rings (SSSR count). The van der Waals surface area contributed by atoms with Crippen LogP contribution in [0.5, 0.6) is 0 Å². The van der Waals surface area contributed by atoms with Gasteiger partial charge in [0, 0.05) is 45.5 Å². The number of rotatable bonds is 8. The molecule has 5 heteroatoms. The van der Waals surface area contributed by atoms with Crippen molar-refractivity contribution in [2.24, 2.45) is 5.92 Å². The van der Waals surface area contributed by atoms with Gasteiger partial charge in [0.2, 0.25) is 5.91 Å². The number of hydrogen-bond acceptors (Lipinski definition) is 4. The van der Waals surface area contributed by atoms with Gasteiger partial charge in [0.15, 0.2) is 0 Å². The highest BCUT2D eigenvalue weighted by Gasteiger charge is 2.28. The summed E-state index contributed by atoms with van der Waals surface area (Å²) in [6.45, 7) is 1.60. The van der Waals surface area contributed by atoms with Gasteiger partial charge < -0.3 is 15.0 Å². The summed E-state index contributed by atoms with van der Waals surface area (Å²) in [6, 6.07) is 6.33. The molecule has 0 unspecified atom stereocenters. The second-order valence-corrected chi connectivity index (χ2v) is 6.37. The smallest absolute Gasteiger partial charge is 0.225 e. The minimum Gasteiger partial charge on any atom is -0.385 e. The highest BCUT2D eigenvalue weighted by Crippen LogP contribution is 2.27. The van der Waals surface area contributed by atoms with Crippen molar-refractivity contribution in [2.75, 3.05) is 32.6 Å². The predicted molar refractivity (Wildman–Crippen MR) is 92.4 cm³/mol. The third-order valence-corrected chi connectivity index (χ3v) is 4.56. The Labute approximate surface area is 139 Å². The van der Waals surface area contributed by atoms with Gasteiger partial charge in [-0.05, 0) is 50.7 Å². The molecule has 5 nitrogen and oxygen atoms in total. The Balaban J connectivity index is 1.69. The number of anilines is 1. The number of methoxy groups -OCH3 is 1. The Bertz CT molecular complexity index is 459. The van der Waals surface area contributed by atoms with E-state index in [1.54, 1.807) is 13.3 Å². The van der Waals surface area contributed by atoms with Crippen molar-refractivity contribution in [3.05, 3.63) is 24.4 Å². The van der Waals surface area contributed by atoms with Gasteiger partial charge in [-0.25, -0.2) is 4.98 Å². The monoisotopic (exact) mass is 319 g/mol. The molecule has 128 valence electrons. The molecule has 1 aliphatic rings. The molecule has 1 N–H and O–H groups in total. The summed E-state index contributed by atoms with van der Waals surface area (Å²) >= 11 is 0. The van der Waals surface area contributed by atoms with Crippen LogP contribution in [0.3, 0.4) is 0 Å². The van der Waals surface area contributed by atoms with E-state index in [2.05, 4.69) is 10.3 Å². The number of nitrogens with one attached hydrogen (secondary N) is 1. The maximum atomic E-state index is 12.5. The maximum absolute atomic E-state index is 12.5. The molecule has 1 saturated carbocycles. The van der Waals surface area contributed by atoms with Gasteiger partial charge in [-0.3, -0.25) is 4.79 Å². The fourth-order valence-corrected chi connectivity index (χ4v) is 3.16. The molecule has 0 spiro atoms. The zero-order chi connectivity index (χ0) is 16.5. The van der Waals surface area contributed by atoms with Crippen LogP contribution in [0, 0.1) is 5.92 Å². The van der Waals surface area contributed by atoms with Gasteiger partial charge in [0.1, 0.15) is 5.82 Å². The van der Waals surface area contributed by atoms with E-state index in [0.717, 1.165) is 57.5 Å². The molecule has 0 aliphatic heterocycles. The molecular weight excluding hydrogens is 290 g/mol. The van der Waals surface area contributed by atoms with Crippen LogP contribution in [-0.2, 0) is 9.53 Å². The van der Waals surface area contributed by atoms with Crippen LogP contribution < -0.4 is 5.32 Å². The Morgan fingerprint density at radius 3 is 2.74 bits per heavy atom. The molecule has 0 atom stereocenters. The lowest BCUT2D eigenvalue weighted by atomic mass is 9.85. The van der Waals surface area contributed by atoms with E-state index >= 15 is 0 Å². The van der Waals surface area contributed by atoms with Gasteiger partial charge >= 0.3 is 0 Å². The molecule has 1 amide bonds. The first-order valence-electron chi connectivity index (χ1n) is 8.62. The molecule has 1 aromatic rings. The molecule has 0 aromatic carbocycles. The number of nitrogens with zero attached hydrogens (tertiary/aromatic N) is 2.